The molecule has 5 rings (SSSR count). The van der Waals surface area contributed by atoms with E-state index in [2.05, 4.69) is 64.8 Å². The molecule has 0 spiro atoms. The van der Waals surface area contributed by atoms with E-state index in [0.717, 1.165) is 41.4 Å². The summed E-state index contributed by atoms with van der Waals surface area (Å²) in [5.74, 6) is 0.155. The van der Waals surface area contributed by atoms with Crippen molar-refractivity contribution in [3.63, 3.8) is 0 Å². The summed E-state index contributed by atoms with van der Waals surface area (Å²) in [6.45, 7) is 2.98. The lowest BCUT2D eigenvalue weighted by atomic mass is 9.87. The molecule has 4 aromatic rings. The van der Waals surface area contributed by atoms with Gasteiger partial charge in [0.2, 0.25) is 0 Å². The minimum atomic E-state index is -0.175. The Balaban J connectivity index is 1.48. The summed E-state index contributed by atoms with van der Waals surface area (Å²) in [5.41, 5.74) is 5.56. The van der Waals surface area contributed by atoms with Gasteiger partial charge < -0.3 is 4.57 Å². The maximum atomic E-state index is 13.2. The molecule has 1 atom stereocenters. The lowest BCUT2D eigenvalue weighted by Crippen LogP contribution is -2.33. The maximum Gasteiger partial charge on any atom is 0.185 e. The molecular formula is C25H22ClN2O+. The van der Waals surface area contributed by atoms with Gasteiger partial charge in [-0.2, -0.15) is 0 Å². The molecule has 0 radical (unpaired) electrons. The highest BCUT2D eigenvalue weighted by molar-refractivity contribution is 6.31. The molecular weight excluding hydrogens is 380 g/mol. The van der Waals surface area contributed by atoms with Crippen LogP contribution in [0.25, 0.3) is 10.9 Å². The van der Waals surface area contributed by atoms with Crippen molar-refractivity contribution in [3.05, 3.63) is 100 Å². The number of carbonyl (C=O) groups is 1. The fraction of sp³-hybridized carbons (Fsp3) is 0.200. The van der Waals surface area contributed by atoms with Crippen LogP contribution in [0.15, 0.2) is 73.2 Å². The first-order valence-corrected chi connectivity index (χ1v) is 10.3. The van der Waals surface area contributed by atoms with Crippen LogP contribution in [0.1, 0.15) is 39.5 Å². The molecule has 0 fully saturated rings. The van der Waals surface area contributed by atoms with Crippen LogP contribution in [0.2, 0.25) is 5.02 Å². The molecule has 2 heterocycles. The molecule has 1 unspecified atom stereocenters. The van der Waals surface area contributed by atoms with Gasteiger partial charge >= 0.3 is 0 Å². The average molecular weight is 402 g/mol. The van der Waals surface area contributed by atoms with Crippen LogP contribution in [-0.4, -0.2) is 10.4 Å². The molecule has 0 N–H and O–H groups in total. The fourth-order valence-electron chi connectivity index (χ4n) is 4.37. The van der Waals surface area contributed by atoms with Crippen LogP contribution in [0.3, 0.4) is 0 Å². The van der Waals surface area contributed by atoms with Gasteiger partial charge in [-0.3, -0.25) is 4.79 Å². The second kappa shape index (κ2) is 7.16. The highest BCUT2D eigenvalue weighted by atomic mass is 35.5. The van der Waals surface area contributed by atoms with Crippen LogP contribution in [0.4, 0.5) is 0 Å². The third-order valence-electron chi connectivity index (χ3n) is 5.99. The molecule has 2 aromatic heterocycles. The number of aryl methyl sites for hydroxylation is 2. The predicted octanol–water partition coefficient (Wildman–Crippen LogP) is 5.31. The van der Waals surface area contributed by atoms with E-state index in [0.29, 0.717) is 5.02 Å². The van der Waals surface area contributed by atoms with Crippen molar-refractivity contribution in [2.75, 3.05) is 0 Å². The number of rotatable bonds is 3. The zero-order chi connectivity index (χ0) is 20.0. The number of halogens is 1. The standard InChI is InChI=1S/C25H22ClN2O/c1-17-4-2-3-5-19(17)15-27-12-11-23-20(16-27)10-13-28(23)24-9-7-18-6-8-21(26)14-22(18)25(24)29/h2-6,8,10-14,16,24H,7,9,15H2,1H3/q+1. The van der Waals surface area contributed by atoms with E-state index in [9.17, 15) is 4.79 Å². The van der Waals surface area contributed by atoms with E-state index < -0.39 is 0 Å². The minimum Gasteiger partial charge on any atom is -0.336 e. The molecule has 144 valence electrons. The van der Waals surface area contributed by atoms with Gasteiger partial charge in [-0.05, 0) is 49.1 Å². The van der Waals surface area contributed by atoms with Gasteiger partial charge in [-0.15, -0.1) is 0 Å². The fourth-order valence-corrected chi connectivity index (χ4v) is 4.55. The average Bonchev–Trinajstić information content (AvgIpc) is 3.13. The normalized spacial score (nSPS) is 16.2. The van der Waals surface area contributed by atoms with E-state index in [1.165, 1.54) is 11.1 Å². The number of nitrogens with zero attached hydrogens (tertiary/aromatic N) is 2. The Morgan fingerprint density at radius 1 is 1.14 bits per heavy atom. The third-order valence-corrected chi connectivity index (χ3v) is 6.23. The molecule has 3 nitrogen and oxygen atoms in total. The molecule has 2 aromatic carbocycles. The van der Waals surface area contributed by atoms with E-state index in [-0.39, 0.29) is 11.8 Å². The lowest BCUT2D eigenvalue weighted by Gasteiger charge is -2.25. The Bertz CT molecular complexity index is 1240. The number of hydrogen-bond acceptors (Lipinski definition) is 1. The Morgan fingerprint density at radius 3 is 2.86 bits per heavy atom. The van der Waals surface area contributed by atoms with E-state index in [1.807, 2.05) is 24.4 Å². The topological polar surface area (TPSA) is 25.9 Å². The zero-order valence-corrected chi connectivity index (χ0v) is 17.1. The molecule has 1 aliphatic carbocycles. The summed E-state index contributed by atoms with van der Waals surface area (Å²) in [4.78, 5) is 13.2. The van der Waals surface area contributed by atoms with Gasteiger partial charge in [0, 0.05) is 28.4 Å². The smallest absolute Gasteiger partial charge is 0.185 e. The maximum absolute atomic E-state index is 13.2. The predicted molar refractivity (Wildman–Crippen MR) is 116 cm³/mol. The van der Waals surface area contributed by atoms with Gasteiger partial charge in [0.1, 0.15) is 0 Å². The van der Waals surface area contributed by atoms with Crippen molar-refractivity contribution in [1.82, 2.24) is 4.57 Å². The van der Waals surface area contributed by atoms with Crippen molar-refractivity contribution >= 4 is 28.3 Å². The van der Waals surface area contributed by atoms with Crippen molar-refractivity contribution < 1.29 is 9.36 Å². The van der Waals surface area contributed by atoms with Crippen LogP contribution in [-0.2, 0) is 13.0 Å². The molecule has 0 amide bonds. The Hall–Kier alpha value is -2.91. The second-order valence-corrected chi connectivity index (χ2v) is 8.26. The highest BCUT2D eigenvalue weighted by Crippen LogP contribution is 2.32. The number of aromatic nitrogens is 2. The van der Waals surface area contributed by atoms with Gasteiger partial charge in [0.15, 0.2) is 24.7 Å². The Morgan fingerprint density at radius 2 is 2.00 bits per heavy atom. The molecule has 1 aliphatic rings. The van der Waals surface area contributed by atoms with Crippen LogP contribution in [0.5, 0.6) is 0 Å². The largest absolute Gasteiger partial charge is 0.336 e. The first-order valence-electron chi connectivity index (χ1n) is 9.97. The van der Waals surface area contributed by atoms with Crippen LogP contribution in [0, 0.1) is 6.92 Å². The summed E-state index contributed by atoms with van der Waals surface area (Å²) >= 11 is 6.14. The number of Topliss-reactive ketones (excluding diaryl/α,β-unsaturated/α-hetero) is 1. The first-order chi connectivity index (χ1) is 14.1. The van der Waals surface area contributed by atoms with E-state index >= 15 is 0 Å². The second-order valence-electron chi connectivity index (χ2n) is 7.83. The molecule has 0 saturated carbocycles. The SMILES string of the molecule is Cc1ccccc1C[n+]1ccc2c(ccn2C2CCc3ccc(Cl)cc3C2=O)c1. The van der Waals surface area contributed by atoms with Gasteiger partial charge in [0.05, 0.1) is 16.9 Å². The van der Waals surface area contributed by atoms with Crippen molar-refractivity contribution in [2.24, 2.45) is 0 Å². The Labute approximate surface area is 175 Å². The van der Waals surface area contributed by atoms with Crippen molar-refractivity contribution in [1.29, 1.82) is 0 Å². The third kappa shape index (κ3) is 3.26. The number of ketones is 1. The van der Waals surface area contributed by atoms with Gasteiger partial charge in [0.25, 0.3) is 0 Å². The minimum absolute atomic E-state index is 0.155. The number of carbonyl (C=O) groups excluding carboxylic acids is 1. The van der Waals surface area contributed by atoms with Gasteiger partial charge in [-0.25, -0.2) is 4.57 Å². The number of fused-ring (bicyclic) bond motifs is 2. The molecule has 0 aliphatic heterocycles. The van der Waals surface area contributed by atoms with Crippen LogP contribution >= 0.6 is 11.6 Å². The summed E-state index contributed by atoms with van der Waals surface area (Å²) in [5, 5.41) is 1.76. The summed E-state index contributed by atoms with van der Waals surface area (Å²) in [6.07, 6.45) is 8.01. The number of benzene rings is 2. The van der Waals surface area contributed by atoms with E-state index in [1.54, 1.807) is 0 Å². The molecule has 4 heteroatoms. The first kappa shape index (κ1) is 18.1. The summed E-state index contributed by atoms with van der Waals surface area (Å²) in [7, 11) is 0. The zero-order valence-electron chi connectivity index (χ0n) is 16.3. The summed E-state index contributed by atoms with van der Waals surface area (Å²) in [6, 6.07) is 18.2. The van der Waals surface area contributed by atoms with Crippen LogP contribution < -0.4 is 4.57 Å². The molecule has 0 saturated heterocycles. The van der Waals surface area contributed by atoms with Crippen molar-refractivity contribution in [3.8, 4) is 0 Å². The monoisotopic (exact) mass is 401 g/mol. The molecule has 0 bridgehead atoms. The Kier molecular flexibility index (Phi) is 4.48. The quantitative estimate of drug-likeness (QED) is 0.427. The van der Waals surface area contributed by atoms with Gasteiger partial charge in [-0.1, -0.05) is 41.9 Å². The molecule has 29 heavy (non-hydrogen) atoms. The highest BCUT2D eigenvalue weighted by Gasteiger charge is 2.29. The van der Waals surface area contributed by atoms with Crippen molar-refractivity contribution in [2.45, 2.75) is 32.4 Å². The summed E-state index contributed by atoms with van der Waals surface area (Å²) < 4.78 is 4.33. The van der Waals surface area contributed by atoms with E-state index in [4.69, 9.17) is 11.6 Å². The number of hydrogen-bond donors (Lipinski definition) is 0. The lowest BCUT2D eigenvalue weighted by molar-refractivity contribution is -0.687. The number of pyridine rings is 1.